The number of esters is 1. The number of ether oxygens (including phenoxy) is 2. The van der Waals surface area contributed by atoms with Crippen LogP contribution in [0.5, 0.6) is 0 Å². The van der Waals surface area contributed by atoms with Gasteiger partial charge in [0.2, 0.25) is 0 Å². The van der Waals surface area contributed by atoms with Crippen molar-refractivity contribution in [1.29, 1.82) is 0 Å². The molecule has 0 saturated carbocycles. The smallest absolute Gasteiger partial charge is 0.419 e. The van der Waals surface area contributed by atoms with Crippen molar-refractivity contribution in [2.24, 2.45) is 0 Å². The average molecular weight is 434 g/mol. The Bertz CT molecular complexity index is 918. The van der Waals surface area contributed by atoms with E-state index >= 15 is 0 Å². The highest BCUT2D eigenvalue weighted by molar-refractivity contribution is 6.74. The van der Waals surface area contributed by atoms with Crippen LogP contribution in [0.2, 0.25) is 18.1 Å². The summed E-state index contributed by atoms with van der Waals surface area (Å²) in [5.74, 6) is -0.408. The first-order chi connectivity index (χ1) is 13.7. The number of fused-ring (bicyclic) bond motifs is 1. The molecule has 1 heterocycles. The standard InChI is InChI=1S/C23H35NO5Si/c1-22(2,3)28-21(26)24-15-16(17-12-10-11-13-18(17)24)14-19(20(25)27-7)29-30(8,9)23(4,5)6/h10-13,15,19H,14H2,1-9H3. The topological polar surface area (TPSA) is 66.8 Å². The highest BCUT2D eigenvalue weighted by Gasteiger charge is 2.41. The molecule has 0 aliphatic carbocycles. The van der Waals surface area contributed by atoms with E-state index in [9.17, 15) is 9.59 Å². The van der Waals surface area contributed by atoms with Crippen molar-refractivity contribution in [2.45, 2.75) is 77.8 Å². The number of hydrogen-bond donors (Lipinski definition) is 0. The Balaban J connectivity index is 2.45. The van der Waals surface area contributed by atoms with Crippen LogP contribution in [0.3, 0.4) is 0 Å². The molecule has 0 amide bonds. The first kappa shape index (κ1) is 24.1. The van der Waals surface area contributed by atoms with E-state index in [2.05, 4.69) is 33.9 Å². The van der Waals surface area contributed by atoms with Crippen LogP contribution in [-0.2, 0) is 25.1 Å². The molecule has 0 N–H and O–H groups in total. The summed E-state index contributed by atoms with van der Waals surface area (Å²) in [5.41, 5.74) is 0.964. The summed E-state index contributed by atoms with van der Waals surface area (Å²) < 4.78 is 18.5. The van der Waals surface area contributed by atoms with Crippen LogP contribution in [0, 0.1) is 0 Å². The molecule has 1 aromatic heterocycles. The number of rotatable bonds is 5. The predicted octanol–water partition coefficient (Wildman–Crippen LogP) is 5.53. The van der Waals surface area contributed by atoms with Gasteiger partial charge in [0.25, 0.3) is 0 Å². The molecule has 1 atom stereocenters. The number of carbonyl (C=O) groups excluding carboxylic acids is 2. The summed E-state index contributed by atoms with van der Waals surface area (Å²) in [5, 5.41) is 0.833. The molecule has 0 saturated heterocycles. The van der Waals surface area contributed by atoms with Crippen LogP contribution in [-0.4, -0.2) is 43.8 Å². The number of para-hydroxylation sites is 1. The Morgan fingerprint density at radius 2 is 1.67 bits per heavy atom. The number of nitrogens with zero attached hydrogens (tertiary/aromatic N) is 1. The van der Waals surface area contributed by atoms with Gasteiger partial charge in [-0.05, 0) is 50.5 Å². The van der Waals surface area contributed by atoms with Crippen LogP contribution in [0.25, 0.3) is 10.9 Å². The predicted molar refractivity (Wildman–Crippen MR) is 121 cm³/mol. The molecule has 0 fully saturated rings. The van der Waals surface area contributed by atoms with E-state index in [4.69, 9.17) is 13.9 Å². The summed E-state index contributed by atoms with van der Waals surface area (Å²) in [4.78, 5) is 25.3. The van der Waals surface area contributed by atoms with Crippen LogP contribution in [0.15, 0.2) is 30.5 Å². The second-order valence-electron chi connectivity index (χ2n) is 10.1. The first-order valence-corrected chi connectivity index (χ1v) is 13.1. The third-order valence-electron chi connectivity index (χ3n) is 5.50. The second kappa shape index (κ2) is 8.55. The summed E-state index contributed by atoms with van der Waals surface area (Å²) in [7, 11) is -0.845. The van der Waals surface area contributed by atoms with Gasteiger partial charge in [0.1, 0.15) is 11.7 Å². The lowest BCUT2D eigenvalue weighted by Gasteiger charge is -2.38. The Kier molecular flexibility index (Phi) is 6.88. The molecular formula is C23H35NO5Si. The maximum Gasteiger partial charge on any atom is 0.419 e. The van der Waals surface area contributed by atoms with E-state index in [1.807, 2.05) is 45.0 Å². The zero-order chi connectivity index (χ0) is 22.9. The fourth-order valence-corrected chi connectivity index (χ4v) is 4.16. The molecular weight excluding hydrogens is 398 g/mol. The SMILES string of the molecule is COC(=O)C(Cc1cn(C(=O)OC(C)(C)C)c2ccccc12)O[Si](C)(C)C(C)(C)C. The van der Waals surface area contributed by atoms with Gasteiger partial charge in [0.15, 0.2) is 8.32 Å². The fourth-order valence-electron chi connectivity index (χ4n) is 2.91. The van der Waals surface area contributed by atoms with E-state index in [1.165, 1.54) is 11.7 Å². The number of carbonyl (C=O) groups is 2. The van der Waals surface area contributed by atoms with Crippen molar-refractivity contribution >= 4 is 31.3 Å². The van der Waals surface area contributed by atoms with Gasteiger partial charge in [0.05, 0.1) is 12.6 Å². The van der Waals surface area contributed by atoms with Gasteiger partial charge in [-0.25, -0.2) is 9.59 Å². The lowest BCUT2D eigenvalue weighted by atomic mass is 10.1. The van der Waals surface area contributed by atoms with E-state index in [1.54, 1.807) is 6.20 Å². The number of methoxy groups -OCH3 is 1. The Morgan fingerprint density at radius 1 is 1.07 bits per heavy atom. The fraction of sp³-hybridized carbons (Fsp3) is 0.565. The van der Waals surface area contributed by atoms with E-state index in [0.717, 1.165) is 16.5 Å². The summed E-state index contributed by atoms with van der Waals surface area (Å²) in [6.07, 6.45) is 0.859. The van der Waals surface area contributed by atoms with Crippen LogP contribution in [0.1, 0.15) is 47.1 Å². The average Bonchev–Trinajstić information content (AvgIpc) is 2.97. The minimum Gasteiger partial charge on any atom is -0.467 e. The summed E-state index contributed by atoms with van der Waals surface area (Å²) >= 11 is 0. The first-order valence-electron chi connectivity index (χ1n) is 10.2. The maximum absolute atomic E-state index is 12.7. The molecule has 0 aliphatic rings. The van der Waals surface area contributed by atoms with Crippen molar-refractivity contribution in [2.75, 3.05) is 7.11 Å². The quantitative estimate of drug-likeness (QED) is 0.458. The molecule has 30 heavy (non-hydrogen) atoms. The Labute approximate surface area is 180 Å². The van der Waals surface area contributed by atoms with Gasteiger partial charge >= 0.3 is 12.1 Å². The van der Waals surface area contributed by atoms with Gasteiger partial charge < -0.3 is 13.9 Å². The largest absolute Gasteiger partial charge is 0.467 e. The number of hydrogen-bond acceptors (Lipinski definition) is 5. The van der Waals surface area contributed by atoms with Crippen LogP contribution < -0.4 is 0 Å². The normalized spacial score (nSPS) is 13.9. The molecule has 0 bridgehead atoms. The van der Waals surface area contributed by atoms with Crippen LogP contribution in [0.4, 0.5) is 4.79 Å². The third kappa shape index (κ3) is 5.52. The molecule has 0 aliphatic heterocycles. The van der Waals surface area contributed by atoms with Crippen LogP contribution >= 0.6 is 0 Å². The van der Waals surface area contributed by atoms with Crippen molar-refractivity contribution in [3.05, 3.63) is 36.0 Å². The lowest BCUT2D eigenvalue weighted by Crippen LogP contribution is -2.47. The van der Waals surface area contributed by atoms with Crippen molar-refractivity contribution in [3.8, 4) is 0 Å². The molecule has 166 valence electrons. The Hall–Kier alpha value is -2.12. The molecule has 2 rings (SSSR count). The van der Waals surface area contributed by atoms with Crippen molar-refractivity contribution in [1.82, 2.24) is 4.57 Å². The monoisotopic (exact) mass is 433 g/mol. The molecule has 0 radical (unpaired) electrons. The third-order valence-corrected chi connectivity index (χ3v) is 9.98. The summed E-state index contributed by atoms with van der Waals surface area (Å²) in [6, 6.07) is 7.58. The van der Waals surface area contributed by atoms with Gasteiger partial charge in [-0.1, -0.05) is 39.0 Å². The highest BCUT2D eigenvalue weighted by Crippen LogP contribution is 2.38. The molecule has 1 aromatic carbocycles. The lowest BCUT2D eigenvalue weighted by molar-refractivity contribution is -0.149. The minimum atomic E-state index is -2.21. The van der Waals surface area contributed by atoms with Gasteiger partial charge in [-0.2, -0.15) is 0 Å². The number of aromatic nitrogens is 1. The second-order valence-corrected chi connectivity index (χ2v) is 14.9. The van der Waals surface area contributed by atoms with E-state index in [0.29, 0.717) is 6.42 Å². The minimum absolute atomic E-state index is 0.0518. The highest BCUT2D eigenvalue weighted by atomic mass is 28.4. The van der Waals surface area contributed by atoms with Gasteiger partial charge in [-0.15, -0.1) is 0 Å². The summed E-state index contributed by atoms with van der Waals surface area (Å²) in [6.45, 7) is 16.1. The Morgan fingerprint density at radius 3 is 2.20 bits per heavy atom. The maximum atomic E-state index is 12.7. The molecule has 6 nitrogen and oxygen atoms in total. The van der Waals surface area contributed by atoms with E-state index in [-0.39, 0.29) is 5.04 Å². The van der Waals surface area contributed by atoms with Crippen molar-refractivity contribution < 1.29 is 23.5 Å². The zero-order valence-electron chi connectivity index (χ0n) is 19.7. The molecule has 2 aromatic rings. The van der Waals surface area contributed by atoms with Crippen molar-refractivity contribution in [3.63, 3.8) is 0 Å². The molecule has 7 heteroatoms. The molecule has 1 unspecified atom stereocenters. The number of benzene rings is 1. The molecule has 0 spiro atoms. The zero-order valence-corrected chi connectivity index (χ0v) is 20.7. The van der Waals surface area contributed by atoms with E-state index < -0.39 is 32.1 Å². The van der Waals surface area contributed by atoms with Gasteiger partial charge in [0, 0.05) is 18.0 Å². The van der Waals surface area contributed by atoms with Gasteiger partial charge in [-0.3, -0.25) is 4.57 Å².